The van der Waals surface area contributed by atoms with Gasteiger partial charge in [-0.2, -0.15) is 0 Å². The van der Waals surface area contributed by atoms with Gasteiger partial charge in [0.05, 0.1) is 31.5 Å². The molecule has 16 nitrogen and oxygen atoms in total. The number of benzene rings is 4. The van der Waals surface area contributed by atoms with E-state index in [0.717, 1.165) is 30.4 Å². The highest BCUT2D eigenvalue weighted by molar-refractivity contribution is 6.03. The van der Waals surface area contributed by atoms with Gasteiger partial charge in [-0.25, -0.2) is 9.59 Å². The lowest BCUT2D eigenvalue weighted by Gasteiger charge is -2.32. The zero-order valence-corrected chi connectivity index (χ0v) is 46.7. The number of Topliss-reactive ketones (excluding diaryl/α,β-unsaturated/α-hetero) is 4. The molecule has 16 heteroatoms. The molecule has 4 amide bonds. The number of hydrogen-bond donors (Lipinski definition) is 3. The number of likely N-dealkylation sites (N-methyl/N-ethyl adjacent to an activating group) is 1. The monoisotopic (exact) mass is 1060 g/mol. The summed E-state index contributed by atoms with van der Waals surface area (Å²) in [4.78, 5) is 111. The van der Waals surface area contributed by atoms with E-state index in [0.29, 0.717) is 52.3 Å². The third-order valence-electron chi connectivity index (χ3n) is 12.7. The molecule has 4 aromatic carbocycles. The first kappa shape index (κ1) is 60.5. The summed E-state index contributed by atoms with van der Waals surface area (Å²) in [5.41, 5.74) is 3.73. The Kier molecular flexibility index (Phi) is 21.7. The van der Waals surface area contributed by atoms with Crippen molar-refractivity contribution in [3.63, 3.8) is 0 Å². The van der Waals surface area contributed by atoms with Crippen molar-refractivity contribution in [2.45, 2.75) is 144 Å². The van der Waals surface area contributed by atoms with E-state index in [2.05, 4.69) is 47.1 Å². The van der Waals surface area contributed by atoms with Crippen molar-refractivity contribution >= 4 is 47.1 Å². The molecule has 0 saturated heterocycles. The summed E-state index contributed by atoms with van der Waals surface area (Å²) >= 11 is 0. The molecule has 1 heterocycles. The maximum atomic E-state index is 15.2. The summed E-state index contributed by atoms with van der Waals surface area (Å²) in [6.07, 6.45) is 1.21. The summed E-state index contributed by atoms with van der Waals surface area (Å²) in [5.74, 6) is -4.58. The van der Waals surface area contributed by atoms with Gasteiger partial charge >= 0.3 is 12.2 Å². The SMILES string of the molecule is CCCCc1ccc(-c2ccc(C(=O)C[C@@H](CNC(=O)OC(C)(C)C)C(=O)N(C)[C@@H]3C(=O)C[C@@H](C)C(=O)N[C@H](C(=O)CC(C)=O)Cc4ccc(OCCNC(=O)OC(C)(C)C)c(c4)-c4cc3ccc4OCCC)cc2)cc1. The molecule has 4 atom stereocenters. The number of nitrogens with one attached hydrogen (secondary N) is 3. The van der Waals surface area contributed by atoms with E-state index in [1.807, 2.05) is 19.1 Å². The Morgan fingerprint density at radius 3 is 1.91 bits per heavy atom. The van der Waals surface area contributed by atoms with Gasteiger partial charge < -0.3 is 39.8 Å². The van der Waals surface area contributed by atoms with Crippen molar-refractivity contribution in [3.05, 3.63) is 107 Å². The van der Waals surface area contributed by atoms with Crippen LogP contribution in [0.15, 0.2) is 84.9 Å². The number of hydrogen-bond acceptors (Lipinski definition) is 12. The van der Waals surface area contributed by atoms with E-state index in [4.69, 9.17) is 18.9 Å². The van der Waals surface area contributed by atoms with Crippen molar-refractivity contribution < 1.29 is 57.3 Å². The van der Waals surface area contributed by atoms with Crippen LogP contribution in [0.3, 0.4) is 0 Å². The molecule has 5 rings (SSSR count). The fourth-order valence-electron chi connectivity index (χ4n) is 8.85. The number of unbranched alkanes of at least 4 members (excludes halogenated alkanes) is 1. The first-order valence-electron chi connectivity index (χ1n) is 26.7. The number of nitrogens with zero attached hydrogens (tertiary/aromatic N) is 1. The highest BCUT2D eigenvalue weighted by Crippen LogP contribution is 2.41. The summed E-state index contributed by atoms with van der Waals surface area (Å²) < 4.78 is 23.6. The average Bonchev–Trinajstić information content (AvgIpc) is 3.37. The van der Waals surface area contributed by atoms with Crippen LogP contribution in [0, 0.1) is 11.8 Å². The second-order valence-electron chi connectivity index (χ2n) is 21.8. The van der Waals surface area contributed by atoms with Crippen molar-refractivity contribution in [3.8, 4) is 33.8 Å². The molecule has 3 N–H and O–H groups in total. The van der Waals surface area contributed by atoms with Gasteiger partial charge in [0.15, 0.2) is 17.3 Å². The number of ether oxygens (including phenoxy) is 4. The van der Waals surface area contributed by atoms with Gasteiger partial charge in [-0.1, -0.05) is 87.9 Å². The van der Waals surface area contributed by atoms with Crippen LogP contribution in [0.25, 0.3) is 22.3 Å². The first-order valence-corrected chi connectivity index (χ1v) is 26.7. The lowest BCUT2D eigenvalue weighted by molar-refractivity contribution is -0.142. The predicted molar refractivity (Wildman–Crippen MR) is 295 cm³/mol. The van der Waals surface area contributed by atoms with Crippen LogP contribution < -0.4 is 25.4 Å². The molecule has 0 radical (unpaired) electrons. The van der Waals surface area contributed by atoms with Crippen LogP contribution >= 0.6 is 0 Å². The topological polar surface area (TPSA) is 213 Å². The highest BCUT2D eigenvalue weighted by Gasteiger charge is 2.37. The van der Waals surface area contributed by atoms with Gasteiger partial charge in [-0.3, -0.25) is 28.8 Å². The molecule has 0 unspecified atom stereocenters. The van der Waals surface area contributed by atoms with E-state index >= 15 is 9.59 Å². The largest absolute Gasteiger partial charge is 0.493 e. The van der Waals surface area contributed by atoms with Gasteiger partial charge in [-0.05, 0) is 126 Å². The smallest absolute Gasteiger partial charge is 0.407 e. The zero-order chi connectivity index (χ0) is 56.6. The Bertz CT molecular complexity index is 2740. The summed E-state index contributed by atoms with van der Waals surface area (Å²) in [6.45, 7) is 17.3. The van der Waals surface area contributed by atoms with Gasteiger partial charge in [0.1, 0.15) is 41.1 Å². The van der Waals surface area contributed by atoms with Crippen LogP contribution in [-0.4, -0.2) is 103 Å². The Morgan fingerprint density at radius 2 is 1.31 bits per heavy atom. The van der Waals surface area contributed by atoms with Crippen LogP contribution in [0.2, 0.25) is 0 Å². The first-order chi connectivity index (χ1) is 36.4. The molecule has 0 aromatic heterocycles. The second kappa shape index (κ2) is 27.6. The lowest BCUT2D eigenvalue weighted by atomic mass is 9.88. The molecule has 1 aliphatic rings. The third-order valence-corrected chi connectivity index (χ3v) is 12.7. The molecule has 414 valence electrons. The number of amides is 4. The Balaban J connectivity index is 1.59. The second-order valence-corrected chi connectivity index (χ2v) is 21.8. The molecule has 77 heavy (non-hydrogen) atoms. The lowest BCUT2D eigenvalue weighted by Crippen LogP contribution is -2.47. The maximum Gasteiger partial charge on any atom is 0.407 e. The zero-order valence-electron chi connectivity index (χ0n) is 46.7. The minimum absolute atomic E-state index is 0.00296. The van der Waals surface area contributed by atoms with Crippen LogP contribution in [-0.2, 0) is 46.3 Å². The maximum absolute atomic E-state index is 15.2. The van der Waals surface area contributed by atoms with Crippen LogP contribution in [0.1, 0.15) is 141 Å². The van der Waals surface area contributed by atoms with Crippen molar-refractivity contribution in [1.82, 2.24) is 20.9 Å². The summed E-state index contributed by atoms with van der Waals surface area (Å²) in [7, 11) is 1.44. The van der Waals surface area contributed by atoms with E-state index in [-0.39, 0.29) is 50.5 Å². The average molecular weight is 1060 g/mol. The number of ketones is 4. The van der Waals surface area contributed by atoms with E-state index < -0.39 is 77.1 Å². The van der Waals surface area contributed by atoms with Gasteiger partial charge in [0.2, 0.25) is 11.8 Å². The summed E-state index contributed by atoms with van der Waals surface area (Å²) in [6, 6.07) is 23.2. The van der Waals surface area contributed by atoms with Gasteiger partial charge in [-0.15, -0.1) is 0 Å². The molecule has 0 aliphatic carbocycles. The third kappa shape index (κ3) is 18.4. The molecular formula is C61H78N4O12. The fraction of sp³-hybridized carbons (Fsp3) is 0.475. The molecule has 4 aromatic rings. The quantitative estimate of drug-likeness (QED) is 0.0404. The van der Waals surface area contributed by atoms with E-state index in [1.54, 1.807) is 97.0 Å². The molecule has 4 bridgehead atoms. The van der Waals surface area contributed by atoms with E-state index in [9.17, 15) is 28.8 Å². The van der Waals surface area contributed by atoms with Crippen molar-refractivity contribution in [2.24, 2.45) is 11.8 Å². The summed E-state index contributed by atoms with van der Waals surface area (Å²) in [5, 5.41) is 8.16. The Hall–Kier alpha value is -7.36. The highest BCUT2D eigenvalue weighted by atomic mass is 16.6. The number of aryl methyl sites for hydroxylation is 1. The minimum Gasteiger partial charge on any atom is -0.493 e. The number of carbonyl (C=O) groups is 8. The van der Waals surface area contributed by atoms with Crippen molar-refractivity contribution in [1.29, 1.82) is 0 Å². The Morgan fingerprint density at radius 1 is 0.727 bits per heavy atom. The Labute approximate surface area is 453 Å². The normalized spacial score (nSPS) is 16.2. The van der Waals surface area contributed by atoms with Gasteiger partial charge in [0, 0.05) is 49.0 Å². The number of fused-ring (bicyclic) bond motifs is 5. The molecule has 0 spiro atoms. The van der Waals surface area contributed by atoms with Crippen LogP contribution in [0.5, 0.6) is 11.5 Å². The molecular weight excluding hydrogens is 981 g/mol. The van der Waals surface area contributed by atoms with Crippen molar-refractivity contribution in [2.75, 3.05) is 33.4 Å². The standard InChI is InChI=1S/C61H78N4O12/c1-12-14-15-40-16-19-42(20-17-40)43-21-23-44(24-22-43)50(67)36-46(37-63-59(73)77-61(8,9)10)57(71)65(11)55-45-25-27-54(74-29-13-2)48(35-45)47-33-41(18-26-53(47)75-30-28-62-58(72)76-60(5,6)7)34-49(51(68)32-39(4)66)64-56(70)38(3)31-52(55)69/h16-27,33,35,38,46,49,55H,12-15,28-32,34,36-37H2,1-11H3,(H,62,72)(H,63,73)(H,64,70)/t38-,46+,49+,55+/m1/s1. The number of alkyl carbamates (subject to hydrolysis) is 2. The van der Waals surface area contributed by atoms with E-state index in [1.165, 1.54) is 24.4 Å². The van der Waals surface area contributed by atoms with Crippen LogP contribution in [0.4, 0.5) is 9.59 Å². The molecule has 1 aliphatic heterocycles. The number of carbonyl (C=O) groups excluding carboxylic acids is 8. The molecule has 0 fully saturated rings. The number of rotatable bonds is 21. The van der Waals surface area contributed by atoms with Gasteiger partial charge in [0.25, 0.3) is 0 Å². The predicted octanol–water partition coefficient (Wildman–Crippen LogP) is 10.2. The minimum atomic E-state index is -1.37. The fourth-order valence-corrected chi connectivity index (χ4v) is 8.85. The molecule has 0 saturated carbocycles.